The second kappa shape index (κ2) is 11.3. The van der Waals surface area contributed by atoms with Gasteiger partial charge in [-0.1, -0.05) is 42.5 Å². The molecule has 3 aromatic rings. The molecular formula is C21H27IN6O2S. The quantitative estimate of drug-likeness (QED) is 0.237. The molecule has 3 rings (SSSR count). The van der Waals surface area contributed by atoms with Gasteiger partial charge < -0.3 is 15.2 Å². The summed E-state index contributed by atoms with van der Waals surface area (Å²) in [5.74, 6) is 1.50. The van der Waals surface area contributed by atoms with E-state index in [-0.39, 0.29) is 28.9 Å². The zero-order valence-electron chi connectivity index (χ0n) is 17.7. The molecule has 0 unspecified atom stereocenters. The number of benzene rings is 2. The number of rotatable bonds is 7. The van der Waals surface area contributed by atoms with E-state index in [1.807, 2.05) is 54.5 Å². The first kappa shape index (κ1) is 24.8. The van der Waals surface area contributed by atoms with Crippen LogP contribution in [0.5, 0.6) is 0 Å². The molecule has 8 nitrogen and oxygen atoms in total. The van der Waals surface area contributed by atoms with E-state index >= 15 is 0 Å². The smallest absolute Gasteiger partial charge is 0.240 e. The third-order valence-corrected chi connectivity index (χ3v) is 6.01. The highest BCUT2D eigenvalue weighted by atomic mass is 127. The van der Waals surface area contributed by atoms with Gasteiger partial charge >= 0.3 is 0 Å². The number of aliphatic imine (C=N–C) groups is 1. The van der Waals surface area contributed by atoms with Gasteiger partial charge in [-0.15, -0.1) is 24.0 Å². The number of nitrogens with zero attached hydrogens (tertiary/aromatic N) is 3. The summed E-state index contributed by atoms with van der Waals surface area (Å²) >= 11 is 0. The molecule has 0 aliphatic rings. The lowest BCUT2D eigenvalue weighted by Gasteiger charge is -2.21. The first-order valence-corrected chi connectivity index (χ1v) is 10.9. The molecule has 0 bridgehead atoms. The molecule has 1 aromatic heterocycles. The van der Waals surface area contributed by atoms with Gasteiger partial charge in [0.15, 0.2) is 5.96 Å². The lowest BCUT2D eigenvalue weighted by atomic mass is 10.2. The van der Waals surface area contributed by atoms with Crippen molar-refractivity contribution in [3.8, 4) is 11.3 Å². The summed E-state index contributed by atoms with van der Waals surface area (Å²) < 4.78 is 26.3. The van der Waals surface area contributed by atoms with Gasteiger partial charge in [-0.05, 0) is 30.3 Å². The molecule has 1 heterocycles. The largest absolute Gasteiger partial charge is 0.352 e. The Labute approximate surface area is 200 Å². The summed E-state index contributed by atoms with van der Waals surface area (Å²) in [7, 11) is 1.55. The highest BCUT2D eigenvalue weighted by Crippen LogP contribution is 2.16. The number of aromatic nitrogens is 2. The van der Waals surface area contributed by atoms with Crippen LogP contribution in [-0.2, 0) is 23.1 Å². The van der Waals surface area contributed by atoms with E-state index in [9.17, 15) is 8.42 Å². The maximum absolute atomic E-state index is 12.0. The fourth-order valence-electron chi connectivity index (χ4n) is 3.01. The molecular weight excluding hydrogens is 527 g/mol. The van der Waals surface area contributed by atoms with Crippen molar-refractivity contribution in [3.63, 3.8) is 0 Å². The normalized spacial score (nSPS) is 11.6. The predicted molar refractivity (Wildman–Crippen MR) is 134 cm³/mol. The van der Waals surface area contributed by atoms with Crippen LogP contribution >= 0.6 is 24.0 Å². The molecule has 10 heteroatoms. The minimum absolute atomic E-state index is 0. The third kappa shape index (κ3) is 6.52. The van der Waals surface area contributed by atoms with Crippen molar-refractivity contribution in [3.05, 3.63) is 72.2 Å². The fourth-order valence-corrected chi connectivity index (χ4v) is 3.81. The molecule has 166 valence electrons. The monoisotopic (exact) mass is 554 g/mol. The summed E-state index contributed by atoms with van der Waals surface area (Å²) in [6.07, 6.45) is 1.82. The Morgan fingerprint density at radius 2 is 1.90 bits per heavy atom. The van der Waals surface area contributed by atoms with Crippen LogP contribution in [0.2, 0.25) is 0 Å². The van der Waals surface area contributed by atoms with Crippen LogP contribution in [-0.4, -0.2) is 50.4 Å². The number of hydrogen-bond acceptors (Lipinski definition) is 4. The second-order valence-corrected chi connectivity index (χ2v) is 8.61. The molecule has 0 spiro atoms. The van der Waals surface area contributed by atoms with E-state index in [1.54, 1.807) is 25.2 Å². The van der Waals surface area contributed by atoms with Crippen LogP contribution in [0.1, 0.15) is 11.4 Å². The topological polar surface area (TPSA) is 102 Å². The van der Waals surface area contributed by atoms with Crippen LogP contribution < -0.4 is 10.0 Å². The molecule has 0 aliphatic heterocycles. The van der Waals surface area contributed by atoms with Crippen molar-refractivity contribution >= 4 is 40.0 Å². The van der Waals surface area contributed by atoms with Gasteiger partial charge in [0.05, 0.1) is 23.3 Å². The molecule has 0 saturated carbocycles. The zero-order valence-corrected chi connectivity index (χ0v) is 20.8. The fraction of sp³-hybridized carbons (Fsp3) is 0.238. The van der Waals surface area contributed by atoms with Crippen LogP contribution in [0.25, 0.3) is 11.3 Å². The molecule has 0 aliphatic carbocycles. The maximum atomic E-state index is 12.0. The van der Waals surface area contributed by atoms with Crippen LogP contribution in [0.15, 0.2) is 70.7 Å². The first-order chi connectivity index (χ1) is 14.4. The Balaban J connectivity index is 0.00000341. The minimum Gasteiger partial charge on any atom is -0.352 e. The summed E-state index contributed by atoms with van der Waals surface area (Å²) in [4.78, 5) is 14.3. The highest BCUT2D eigenvalue weighted by molar-refractivity contribution is 14.0. The number of H-pyrrole nitrogens is 1. The summed E-state index contributed by atoms with van der Waals surface area (Å²) in [5, 5.41) is 3.26. The average Bonchev–Trinajstić information content (AvgIpc) is 3.23. The van der Waals surface area contributed by atoms with E-state index in [0.717, 1.165) is 22.6 Å². The van der Waals surface area contributed by atoms with Crippen molar-refractivity contribution in [2.75, 3.05) is 21.1 Å². The van der Waals surface area contributed by atoms with Gasteiger partial charge in [-0.3, -0.25) is 4.99 Å². The Morgan fingerprint density at radius 1 is 1.16 bits per heavy atom. The van der Waals surface area contributed by atoms with Crippen LogP contribution in [0.3, 0.4) is 0 Å². The number of halogens is 1. The molecule has 3 N–H and O–H groups in total. The summed E-state index contributed by atoms with van der Waals surface area (Å²) in [5.41, 5.74) is 2.88. The molecule has 0 saturated heterocycles. The Hall–Kier alpha value is -2.44. The third-order valence-electron chi connectivity index (χ3n) is 4.60. The van der Waals surface area contributed by atoms with Crippen molar-refractivity contribution in [1.82, 2.24) is 24.9 Å². The molecule has 2 aromatic carbocycles. The Morgan fingerprint density at radius 3 is 2.58 bits per heavy atom. The minimum atomic E-state index is -3.47. The van der Waals surface area contributed by atoms with Gasteiger partial charge in [0.1, 0.15) is 5.82 Å². The van der Waals surface area contributed by atoms with E-state index in [2.05, 4.69) is 25.0 Å². The van der Waals surface area contributed by atoms with E-state index in [4.69, 9.17) is 0 Å². The number of nitrogens with one attached hydrogen (secondary N) is 3. The van der Waals surface area contributed by atoms with Gasteiger partial charge in [0.25, 0.3) is 0 Å². The summed E-state index contributed by atoms with van der Waals surface area (Å²) in [6.45, 7) is 0.984. The Bertz CT molecular complexity index is 1120. The van der Waals surface area contributed by atoms with Gasteiger partial charge in [-0.2, -0.15) is 0 Å². The summed E-state index contributed by atoms with van der Waals surface area (Å²) in [6, 6.07) is 16.8. The maximum Gasteiger partial charge on any atom is 0.240 e. The number of guanidine groups is 1. The Kier molecular flexibility index (Phi) is 9.01. The van der Waals surface area contributed by atoms with Crippen molar-refractivity contribution < 1.29 is 8.42 Å². The molecule has 0 amide bonds. The van der Waals surface area contributed by atoms with Gasteiger partial charge in [-0.25, -0.2) is 18.1 Å². The number of aromatic amines is 1. The van der Waals surface area contributed by atoms with E-state index < -0.39 is 10.0 Å². The van der Waals surface area contributed by atoms with Gasteiger partial charge in [0.2, 0.25) is 10.0 Å². The van der Waals surface area contributed by atoms with Crippen molar-refractivity contribution in [2.45, 2.75) is 18.0 Å². The van der Waals surface area contributed by atoms with Crippen molar-refractivity contribution in [1.29, 1.82) is 0 Å². The molecule has 0 fully saturated rings. The lowest BCUT2D eigenvalue weighted by molar-refractivity contribution is 0.464. The average molecular weight is 554 g/mol. The molecule has 0 radical (unpaired) electrons. The number of hydrogen-bond donors (Lipinski definition) is 3. The number of sulfonamides is 1. The highest BCUT2D eigenvalue weighted by Gasteiger charge is 2.13. The van der Waals surface area contributed by atoms with Crippen LogP contribution in [0.4, 0.5) is 0 Å². The van der Waals surface area contributed by atoms with Crippen molar-refractivity contribution in [2.24, 2.45) is 4.99 Å². The van der Waals surface area contributed by atoms with E-state index in [1.165, 1.54) is 7.05 Å². The van der Waals surface area contributed by atoms with E-state index in [0.29, 0.717) is 19.0 Å². The SMILES string of the molecule is CN=C(NCc1cccc(S(=O)(=O)NC)c1)N(C)Cc1ncc(-c2ccccc2)[nH]1.I. The van der Waals surface area contributed by atoms with Gasteiger partial charge in [0, 0.05) is 20.6 Å². The molecule has 0 atom stereocenters. The lowest BCUT2D eigenvalue weighted by Crippen LogP contribution is -2.38. The first-order valence-electron chi connectivity index (χ1n) is 9.46. The zero-order chi connectivity index (χ0) is 21.6. The standard InChI is InChI=1S/C21H26N6O2S.HI/c1-22-21(25-13-16-8-7-11-18(12-16)30(28,29)23-2)27(3)15-20-24-14-19(26-20)17-9-5-4-6-10-17;/h4-12,14,23H,13,15H2,1-3H3,(H,22,25)(H,24,26);1H. The van der Waals surface area contributed by atoms with Crippen LogP contribution in [0, 0.1) is 0 Å². The second-order valence-electron chi connectivity index (χ2n) is 6.72. The predicted octanol–water partition coefficient (Wildman–Crippen LogP) is 2.81. The number of imidazole rings is 1. The molecule has 31 heavy (non-hydrogen) atoms.